The lowest BCUT2D eigenvalue weighted by Crippen LogP contribution is -2.06. The second-order valence-corrected chi connectivity index (χ2v) is 4.64. The van der Waals surface area contributed by atoms with Crippen LogP contribution in [-0.4, -0.2) is 6.10 Å². The van der Waals surface area contributed by atoms with Gasteiger partial charge in [-0.25, -0.2) is 0 Å². The first-order valence-electron chi connectivity index (χ1n) is 5.14. The number of rotatable bonds is 4. The van der Waals surface area contributed by atoms with E-state index < -0.39 is 0 Å². The number of benzene rings is 1. The molecule has 1 aromatic rings. The number of ether oxygens (including phenoxy) is 1. The van der Waals surface area contributed by atoms with E-state index in [1.54, 1.807) is 0 Å². The van der Waals surface area contributed by atoms with Crippen molar-refractivity contribution < 1.29 is 4.74 Å². The molecular weight excluding hydrogens is 252 g/mol. The molecule has 0 N–H and O–H groups in total. The van der Waals surface area contributed by atoms with Crippen molar-refractivity contribution in [1.29, 1.82) is 0 Å². The summed E-state index contributed by atoms with van der Waals surface area (Å²) >= 11 is 3.58. The molecule has 1 aromatic carbocycles. The minimum absolute atomic E-state index is 0.190. The molecule has 1 nitrogen and oxygen atoms in total. The molecule has 0 saturated heterocycles. The summed E-state index contributed by atoms with van der Waals surface area (Å²) in [5.41, 5.74) is 1.21. The lowest BCUT2D eigenvalue weighted by atomic mass is 10.0. The Morgan fingerprint density at radius 3 is 2.53 bits per heavy atom. The fourth-order valence-electron chi connectivity index (χ4n) is 1.35. The number of allylic oxidation sites excluding steroid dienone is 1. The predicted molar refractivity (Wildman–Crippen MR) is 68.5 cm³/mol. The van der Waals surface area contributed by atoms with Gasteiger partial charge in [0.15, 0.2) is 0 Å². The number of halogens is 1. The highest BCUT2D eigenvalue weighted by atomic mass is 79.9. The highest BCUT2D eigenvalue weighted by molar-refractivity contribution is 9.10. The highest BCUT2D eigenvalue weighted by Crippen LogP contribution is 2.33. The molecule has 0 radical (unpaired) electrons. The third-order valence-electron chi connectivity index (χ3n) is 2.20. The van der Waals surface area contributed by atoms with Gasteiger partial charge >= 0.3 is 0 Å². The summed E-state index contributed by atoms with van der Waals surface area (Å²) in [7, 11) is 0. The van der Waals surface area contributed by atoms with Crippen molar-refractivity contribution in [3.8, 4) is 5.75 Å². The molecule has 0 heterocycles. The first-order valence-corrected chi connectivity index (χ1v) is 5.93. The lowest BCUT2D eigenvalue weighted by Gasteiger charge is -2.15. The number of hydrogen-bond acceptors (Lipinski definition) is 1. The van der Waals surface area contributed by atoms with Crippen LogP contribution in [0.25, 0.3) is 0 Å². The number of hydrogen-bond donors (Lipinski definition) is 0. The molecule has 0 saturated carbocycles. The van der Waals surface area contributed by atoms with Gasteiger partial charge in [-0.3, -0.25) is 0 Å². The van der Waals surface area contributed by atoms with Crippen LogP contribution in [0.15, 0.2) is 35.3 Å². The van der Waals surface area contributed by atoms with Gasteiger partial charge in [-0.1, -0.05) is 25.1 Å². The molecule has 0 aromatic heterocycles. The quantitative estimate of drug-likeness (QED) is 0.730. The molecule has 1 rings (SSSR count). The zero-order valence-corrected chi connectivity index (χ0v) is 11.0. The van der Waals surface area contributed by atoms with Gasteiger partial charge in [0, 0.05) is 0 Å². The van der Waals surface area contributed by atoms with E-state index in [0.29, 0.717) is 5.92 Å². The van der Waals surface area contributed by atoms with Gasteiger partial charge in [0.2, 0.25) is 0 Å². The molecule has 0 spiro atoms. The van der Waals surface area contributed by atoms with E-state index in [0.717, 1.165) is 10.2 Å². The maximum atomic E-state index is 5.70. The van der Waals surface area contributed by atoms with E-state index in [1.165, 1.54) is 5.56 Å². The van der Waals surface area contributed by atoms with Crippen LogP contribution in [0.2, 0.25) is 0 Å². The molecule has 0 aliphatic heterocycles. The van der Waals surface area contributed by atoms with Crippen molar-refractivity contribution >= 4 is 15.9 Å². The molecule has 0 aliphatic carbocycles. The Morgan fingerprint density at radius 2 is 2.00 bits per heavy atom. The van der Waals surface area contributed by atoms with Crippen molar-refractivity contribution in [2.24, 2.45) is 0 Å². The molecule has 0 fully saturated rings. The molecule has 0 bridgehead atoms. The fraction of sp³-hybridized carbons (Fsp3) is 0.385. The first kappa shape index (κ1) is 12.3. The van der Waals surface area contributed by atoms with Gasteiger partial charge in [-0.2, -0.15) is 0 Å². The summed E-state index contributed by atoms with van der Waals surface area (Å²) in [6.07, 6.45) is 2.12. The average Bonchev–Trinajstić information content (AvgIpc) is 2.19. The summed E-state index contributed by atoms with van der Waals surface area (Å²) in [5.74, 6) is 1.23. The molecule has 0 aliphatic rings. The summed E-state index contributed by atoms with van der Waals surface area (Å²) in [6.45, 7) is 9.97. The van der Waals surface area contributed by atoms with Crippen LogP contribution in [0.1, 0.15) is 32.3 Å². The monoisotopic (exact) mass is 268 g/mol. The van der Waals surface area contributed by atoms with Crippen molar-refractivity contribution in [3.05, 3.63) is 40.9 Å². The van der Waals surface area contributed by atoms with E-state index >= 15 is 0 Å². The van der Waals surface area contributed by atoms with Gasteiger partial charge in [0.25, 0.3) is 0 Å². The standard InChI is InChI=1S/C13H17BrO/c1-5-10(4)11-7-6-8-12(13(11)14)15-9(2)3/h5-10H,1H2,2-4H3. The molecule has 1 unspecified atom stereocenters. The smallest absolute Gasteiger partial charge is 0.134 e. The van der Waals surface area contributed by atoms with Crippen molar-refractivity contribution in [1.82, 2.24) is 0 Å². The minimum atomic E-state index is 0.190. The zero-order valence-electron chi connectivity index (χ0n) is 9.46. The Bertz CT molecular complexity index is 344. The zero-order chi connectivity index (χ0) is 11.4. The fourth-order valence-corrected chi connectivity index (χ4v) is 2.07. The Labute approximate surface area is 100 Å². The second kappa shape index (κ2) is 5.36. The van der Waals surface area contributed by atoms with E-state index in [9.17, 15) is 0 Å². The van der Waals surface area contributed by atoms with E-state index in [1.807, 2.05) is 32.1 Å². The lowest BCUT2D eigenvalue weighted by molar-refractivity contribution is 0.240. The molecule has 0 amide bonds. The van der Waals surface area contributed by atoms with Crippen LogP contribution in [0.4, 0.5) is 0 Å². The van der Waals surface area contributed by atoms with Crippen molar-refractivity contribution in [2.75, 3.05) is 0 Å². The molecular formula is C13H17BrO. The van der Waals surface area contributed by atoms with Gasteiger partial charge in [-0.05, 0) is 47.3 Å². The van der Waals surface area contributed by atoms with Gasteiger partial charge < -0.3 is 4.74 Å². The van der Waals surface area contributed by atoms with Crippen molar-refractivity contribution in [2.45, 2.75) is 32.8 Å². The Kier molecular flexibility index (Phi) is 4.40. The van der Waals surface area contributed by atoms with Gasteiger partial charge in [0.1, 0.15) is 5.75 Å². The van der Waals surface area contributed by atoms with Crippen LogP contribution < -0.4 is 4.74 Å². The summed E-state index contributed by atoms with van der Waals surface area (Å²) < 4.78 is 6.73. The Morgan fingerprint density at radius 1 is 1.33 bits per heavy atom. The van der Waals surface area contributed by atoms with Crippen LogP contribution in [0.3, 0.4) is 0 Å². The summed E-state index contributed by atoms with van der Waals surface area (Å²) in [6, 6.07) is 6.07. The highest BCUT2D eigenvalue weighted by Gasteiger charge is 2.11. The second-order valence-electron chi connectivity index (χ2n) is 3.85. The van der Waals surface area contributed by atoms with E-state index in [-0.39, 0.29) is 6.10 Å². The SMILES string of the molecule is C=CC(C)c1cccc(OC(C)C)c1Br. The van der Waals surface area contributed by atoms with E-state index in [2.05, 4.69) is 35.5 Å². The van der Waals surface area contributed by atoms with Gasteiger partial charge in [0.05, 0.1) is 10.6 Å². The summed E-state index contributed by atoms with van der Waals surface area (Å²) in [4.78, 5) is 0. The van der Waals surface area contributed by atoms with Crippen LogP contribution in [0.5, 0.6) is 5.75 Å². The maximum Gasteiger partial charge on any atom is 0.134 e. The van der Waals surface area contributed by atoms with E-state index in [4.69, 9.17) is 4.74 Å². The first-order chi connectivity index (χ1) is 7.06. The van der Waals surface area contributed by atoms with Gasteiger partial charge in [-0.15, -0.1) is 6.58 Å². The third kappa shape index (κ3) is 3.10. The van der Waals surface area contributed by atoms with Crippen LogP contribution >= 0.6 is 15.9 Å². The molecule has 2 heteroatoms. The molecule has 82 valence electrons. The summed E-state index contributed by atoms with van der Waals surface area (Å²) in [5, 5.41) is 0. The molecule has 15 heavy (non-hydrogen) atoms. The maximum absolute atomic E-state index is 5.70. The predicted octanol–water partition coefficient (Wildman–Crippen LogP) is 4.53. The normalized spacial score (nSPS) is 12.6. The Hall–Kier alpha value is -0.760. The minimum Gasteiger partial charge on any atom is -0.490 e. The van der Waals surface area contributed by atoms with Crippen LogP contribution in [0, 0.1) is 0 Å². The largest absolute Gasteiger partial charge is 0.490 e. The Balaban J connectivity index is 3.05. The average molecular weight is 269 g/mol. The van der Waals surface area contributed by atoms with Crippen LogP contribution in [-0.2, 0) is 0 Å². The van der Waals surface area contributed by atoms with Crippen molar-refractivity contribution in [3.63, 3.8) is 0 Å². The molecule has 1 atom stereocenters. The topological polar surface area (TPSA) is 9.23 Å². The third-order valence-corrected chi connectivity index (χ3v) is 3.05.